The van der Waals surface area contributed by atoms with Crippen LogP contribution in [0, 0.1) is 18.8 Å². The summed E-state index contributed by atoms with van der Waals surface area (Å²) in [5.74, 6) is 5.63. The van der Waals surface area contributed by atoms with Crippen molar-refractivity contribution in [2.75, 3.05) is 32.9 Å². The number of morpholine rings is 1. The maximum atomic E-state index is 12.2. The molecule has 6 heteroatoms. The molecule has 1 aromatic heterocycles. The molecule has 174 valence electrons. The standard InChI is InChI=1S/C28H28N2O4/c1-3-34-28(32)25-18-20(2)29-26(27(25)31)24-12-10-22(11-13-24)5-4-21-6-8-23(9-7-21)19-30-14-16-33-17-15-30/h6-13,18,31H,3,14-17,19H2,1-2H3. The number of hydrogen-bond donors (Lipinski definition) is 1. The number of pyridine rings is 1. The first-order valence-corrected chi connectivity index (χ1v) is 11.4. The second kappa shape index (κ2) is 11.0. The minimum atomic E-state index is -0.565. The Morgan fingerprint density at radius 3 is 2.29 bits per heavy atom. The number of aromatic nitrogens is 1. The van der Waals surface area contributed by atoms with Crippen molar-refractivity contribution >= 4 is 5.97 Å². The molecule has 1 aliphatic rings. The van der Waals surface area contributed by atoms with Gasteiger partial charge < -0.3 is 14.6 Å². The van der Waals surface area contributed by atoms with Crippen LogP contribution in [0.3, 0.4) is 0 Å². The number of ether oxygens (including phenoxy) is 2. The Hall–Kier alpha value is -3.66. The predicted octanol–water partition coefficient (Wildman–Crippen LogP) is 4.17. The van der Waals surface area contributed by atoms with Gasteiger partial charge in [-0.1, -0.05) is 36.1 Å². The molecule has 0 bridgehead atoms. The Morgan fingerprint density at radius 1 is 1.06 bits per heavy atom. The summed E-state index contributed by atoms with van der Waals surface area (Å²) in [6.45, 7) is 8.20. The maximum absolute atomic E-state index is 12.2. The van der Waals surface area contributed by atoms with E-state index in [4.69, 9.17) is 9.47 Å². The molecule has 0 radical (unpaired) electrons. The summed E-state index contributed by atoms with van der Waals surface area (Å²) in [6, 6.07) is 17.3. The number of benzene rings is 2. The monoisotopic (exact) mass is 456 g/mol. The van der Waals surface area contributed by atoms with Gasteiger partial charge in [-0.25, -0.2) is 9.78 Å². The molecule has 0 spiro atoms. The first kappa shape index (κ1) is 23.5. The van der Waals surface area contributed by atoms with E-state index in [9.17, 15) is 9.90 Å². The fraction of sp³-hybridized carbons (Fsp3) is 0.286. The van der Waals surface area contributed by atoms with Crippen LogP contribution in [0.15, 0.2) is 54.6 Å². The summed E-state index contributed by atoms with van der Waals surface area (Å²) < 4.78 is 10.4. The van der Waals surface area contributed by atoms with Crippen LogP contribution < -0.4 is 0 Å². The number of hydrogen-bond acceptors (Lipinski definition) is 6. The number of rotatable bonds is 5. The van der Waals surface area contributed by atoms with Crippen LogP contribution in [-0.4, -0.2) is 53.9 Å². The maximum Gasteiger partial charge on any atom is 0.342 e. The molecule has 34 heavy (non-hydrogen) atoms. The summed E-state index contributed by atoms with van der Waals surface area (Å²) in [4.78, 5) is 19.0. The van der Waals surface area contributed by atoms with Crippen LogP contribution in [0.1, 0.15) is 39.7 Å². The van der Waals surface area contributed by atoms with Crippen LogP contribution in [0.25, 0.3) is 11.3 Å². The van der Waals surface area contributed by atoms with E-state index >= 15 is 0 Å². The Labute approximate surface area is 200 Å². The van der Waals surface area contributed by atoms with E-state index in [1.807, 2.05) is 36.4 Å². The van der Waals surface area contributed by atoms with Crippen molar-refractivity contribution in [3.05, 3.63) is 82.5 Å². The summed E-state index contributed by atoms with van der Waals surface area (Å²) in [5.41, 5.74) is 4.85. The van der Waals surface area contributed by atoms with Crippen molar-refractivity contribution in [3.8, 4) is 28.8 Å². The predicted molar refractivity (Wildman–Crippen MR) is 131 cm³/mol. The van der Waals surface area contributed by atoms with E-state index in [0.717, 1.165) is 44.0 Å². The molecule has 0 atom stereocenters. The molecule has 0 amide bonds. The van der Waals surface area contributed by atoms with Gasteiger partial charge in [0.2, 0.25) is 0 Å². The van der Waals surface area contributed by atoms with Crippen molar-refractivity contribution in [1.82, 2.24) is 9.88 Å². The number of esters is 1. The van der Waals surface area contributed by atoms with Gasteiger partial charge in [-0.05, 0) is 49.7 Å². The lowest BCUT2D eigenvalue weighted by Gasteiger charge is -2.26. The molecule has 3 aromatic rings. The Morgan fingerprint density at radius 2 is 1.68 bits per heavy atom. The third-order valence-corrected chi connectivity index (χ3v) is 5.59. The van der Waals surface area contributed by atoms with Crippen molar-refractivity contribution in [3.63, 3.8) is 0 Å². The Bertz CT molecular complexity index is 1200. The zero-order chi connectivity index (χ0) is 23.9. The third kappa shape index (κ3) is 5.82. The highest BCUT2D eigenvalue weighted by molar-refractivity contribution is 5.95. The van der Waals surface area contributed by atoms with Crippen molar-refractivity contribution < 1.29 is 19.4 Å². The molecule has 2 heterocycles. The smallest absolute Gasteiger partial charge is 0.342 e. The highest BCUT2D eigenvalue weighted by Gasteiger charge is 2.19. The van der Waals surface area contributed by atoms with E-state index in [1.165, 1.54) is 11.6 Å². The molecule has 6 nitrogen and oxygen atoms in total. The van der Waals surface area contributed by atoms with Crippen LogP contribution >= 0.6 is 0 Å². The summed E-state index contributed by atoms with van der Waals surface area (Å²) >= 11 is 0. The molecule has 0 aliphatic carbocycles. The molecule has 1 aliphatic heterocycles. The molecule has 0 saturated carbocycles. The summed E-state index contributed by atoms with van der Waals surface area (Å²) in [6.07, 6.45) is 0. The van der Waals surface area contributed by atoms with Gasteiger partial charge in [0, 0.05) is 42.0 Å². The molecule has 2 aromatic carbocycles. The molecule has 4 rings (SSSR count). The summed E-state index contributed by atoms with van der Waals surface area (Å²) in [7, 11) is 0. The van der Waals surface area contributed by atoms with E-state index in [2.05, 4.69) is 33.9 Å². The third-order valence-electron chi connectivity index (χ3n) is 5.59. The van der Waals surface area contributed by atoms with Gasteiger partial charge in [0.05, 0.1) is 19.8 Å². The van der Waals surface area contributed by atoms with Crippen LogP contribution in [0.2, 0.25) is 0 Å². The number of carbonyl (C=O) groups excluding carboxylic acids is 1. The molecule has 1 N–H and O–H groups in total. The number of nitrogens with zero attached hydrogens (tertiary/aromatic N) is 2. The van der Waals surface area contributed by atoms with Gasteiger partial charge in [0.15, 0.2) is 5.75 Å². The van der Waals surface area contributed by atoms with Crippen LogP contribution in [0.4, 0.5) is 0 Å². The average molecular weight is 457 g/mol. The van der Waals surface area contributed by atoms with Crippen LogP contribution in [0.5, 0.6) is 5.75 Å². The minimum absolute atomic E-state index is 0.116. The first-order valence-electron chi connectivity index (χ1n) is 11.4. The highest BCUT2D eigenvalue weighted by atomic mass is 16.5. The molecule has 0 unspecified atom stereocenters. The Kier molecular flexibility index (Phi) is 7.58. The lowest BCUT2D eigenvalue weighted by molar-refractivity contribution is 0.0342. The fourth-order valence-electron chi connectivity index (χ4n) is 3.80. The summed E-state index contributed by atoms with van der Waals surface area (Å²) in [5, 5.41) is 10.6. The average Bonchev–Trinajstić information content (AvgIpc) is 2.86. The second-order valence-electron chi connectivity index (χ2n) is 8.14. The SMILES string of the molecule is CCOC(=O)c1cc(C)nc(-c2ccc(C#Cc3ccc(CN4CCOCC4)cc3)cc2)c1O. The zero-order valence-electron chi connectivity index (χ0n) is 19.5. The lowest BCUT2D eigenvalue weighted by atomic mass is 10.0. The first-order chi connectivity index (χ1) is 16.5. The van der Waals surface area contributed by atoms with E-state index in [1.54, 1.807) is 13.8 Å². The van der Waals surface area contributed by atoms with Gasteiger partial charge >= 0.3 is 5.97 Å². The largest absolute Gasteiger partial charge is 0.505 e. The van der Waals surface area contributed by atoms with Gasteiger partial charge in [0.25, 0.3) is 0 Å². The second-order valence-corrected chi connectivity index (χ2v) is 8.14. The van der Waals surface area contributed by atoms with E-state index in [-0.39, 0.29) is 17.9 Å². The van der Waals surface area contributed by atoms with E-state index in [0.29, 0.717) is 17.0 Å². The quantitative estimate of drug-likeness (QED) is 0.459. The Balaban J connectivity index is 1.46. The highest BCUT2D eigenvalue weighted by Crippen LogP contribution is 2.31. The molecule has 1 saturated heterocycles. The minimum Gasteiger partial charge on any atom is -0.505 e. The number of aromatic hydroxyl groups is 1. The van der Waals surface area contributed by atoms with Gasteiger partial charge in [-0.15, -0.1) is 0 Å². The van der Waals surface area contributed by atoms with Crippen molar-refractivity contribution in [2.45, 2.75) is 20.4 Å². The number of carbonyl (C=O) groups is 1. The molecule has 1 fully saturated rings. The van der Waals surface area contributed by atoms with Gasteiger partial charge in [-0.2, -0.15) is 0 Å². The van der Waals surface area contributed by atoms with Crippen molar-refractivity contribution in [2.24, 2.45) is 0 Å². The normalized spacial score (nSPS) is 13.7. The van der Waals surface area contributed by atoms with Gasteiger partial charge in [0.1, 0.15) is 11.3 Å². The zero-order valence-corrected chi connectivity index (χ0v) is 19.5. The topological polar surface area (TPSA) is 71.9 Å². The molecular formula is C28H28N2O4. The van der Waals surface area contributed by atoms with Crippen molar-refractivity contribution in [1.29, 1.82) is 0 Å². The number of aryl methyl sites for hydroxylation is 1. The lowest BCUT2D eigenvalue weighted by Crippen LogP contribution is -2.35. The van der Waals surface area contributed by atoms with Gasteiger partial charge in [-0.3, -0.25) is 4.90 Å². The van der Waals surface area contributed by atoms with E-state index < -0.39 is 5.97 Å². The van der Waals surface area contributed by atoms with Crippen LogP contribution in [-0.2, 0) is 16.0 Å². The fourth-order valence-corrected chi connectivity index (χ4v) is 3.80. The molecular weight excluding hydrogens is 428 g/mol.